The fraction of sp³-hybridized carbons (Fsp3) is 0.667. The van der Waals surface area contributed by atoms with Gasteiger partial charge in [0.05, 0.1) is 5.60 Å². The van der Waals surface area contributed by atoms with E-state index in [1.165, 1.54) is 0 Å². The van der Waals surface area contributed by atoms with Crippen LogP contribution in [0.3, 0.4) is 0 Å². The van der Waals surface area contributed by atoms with Gasteiger partial charge in [0.25, 0.3) is 0 Å². The highest BCUT2D eigenvalue weighted by atomic mass is 32.1. The van der Waals surface area contributed by atoms with Gasteiger partial charge in [-0.3, -0.25) is 0 Å². The summed E-state index contributed by atoms with van der Waals surface area (Å²) < 4.78 is 0. The van der Waals surface area contributed by atoms with Gasteiger partial charge in [-0.25, -0.2) is 4.98 Å². The maximum atomic E-state index is 9.75. The van der Waals surface area contributed by atoms with E-state index in [-0.39, 0.29) is 0 Å². The first-order valence-electron chi connectivity index (χ1n) is 4.54. The van der Waals surface area contributed by atoms with Crippen LogP contribution in [0.4, 0.5) is 5.13 Å². The molecule has 72 valence electrons. The molecule has 1 fully saturated rings. The summed E-state index contributed by atoms with van der Waals surface area (Å²) in [5.74, 6) is 0. The number of hydrogen-bond donors (Lipinski definition) is 1. The molecule has 1 aliphatic heterocycles. The van der Waals surface area contributed by atoms with E-state index in [1.807, 2.05) is 18.5 Å². The van der Waals surface area contributed by atoms with Crippen molar-refractivity contribution in [2.75, 3.05) is 18.0 Å². The number of thiazole rings is 1. The van der Waals surface area contributed by atoms with Crippen molar-refractivity contribution in [3.05, 3.63) is 11.6 Å². The van der Waals surface area contributed by atoms with Gasteiger partial charge in [-0.1, -0.05) is 0 Å². The molecule has 0 aliphatic carbocycles. The number of aliphatic hydroxyl groups is 1. The zero-order chi connectivity index (χ0) is 9.31. The summed E-state index contributed by atoms with van der Waals surface area (Å²) in [4.78, 5) is 6.49. The molecular formula is C9H14N2OS. The summed E-state index contributed by atoms with van der Waals surface area (Å²) in [7, 11) is 0. The Morgan fingerprint density at radius 1 is 1.54 bits per heavy atom. The molecule has 3 nitrogen and oxygen atoms in total. The largest absolute Gasteiger partial charge is 0.390 e. The van der Waals surface area contributed by atoms with Crippen LogP contribution in [-0.2, 0) is 0 Å². The molecule has 0 spiro atoms. The fourth-order valence-electron chi connectivity index (χ4n) is 1.55. The van der Waals surface area contributed by atoms with E-state index in [0.717, 1.165) is 31.1 Å². The molecule has 2 heterocycles. The van der Waals surface area contributed by atoms with Crippen molar-refractivity contribution in [3.63, 3.8) is 0 Å². The Morgan fingerprint density at radius 2 is 2.23 bits per heavy atom. The average molecular weight is 198 g/mol. The lowest BCUT2D eigenvalue weighted by atomic mass is 9.94. The highest BCUT2D eigenvalue weighted by molar-refractivity contribution is 7.13. The summed E-state index contributed by atoms with van der Waals surface area (Å²) in [6.45, 7) is 3.74. The number of anilines is 1. The first kappa shape index (κ1) is 8.97. The average Bonchev–Trinajstić information content (AvgIpc) is 2.56. The molecule has 1 N–H and O–H groups in total. The quantitative estimate of drug-likeness (QED) is 0.743. The predicted molar refractivity (Wildman–Crippen MR) is 54.2 cm³/mol. The lowest BCUT2D eigenvalue weighted by molar-refractivity contribution is 0.0351. The van der Waals surface area contributed by atoms with Gasteiger partial charge < -0.3 is 10.0 Å². The standard InChI is InChI=1S/C9H14N2OS/c1-9(12)2-5-11(6-3-9)8-10-4-7-13-8/h4,7,12H,2-3,5-6H2,1H3. The molecule has 0 saturated carbocycles. The zero-order valence-electron chi connectivity index (χ0n) is 7.73. The highest BCUT2D eigenvalue weighted by Crippen LogP contribution is 2.26. The maximum Gasteiger partial charge on any atom is 0.185 e. The Kier molecular flexibility index (Phi) is 2.26. The van der Waals surface area contributed by atoms with Crippen molar-refractivity contribution in [1.29, 1.82) is 0 Å². The Labute approximate surface area is 82.0 Å². The Hall–Kier alpha value is -0.610. The van der Waals surface area contributed by atoms with E-state index in [9.17, 15) is 5.11 Å². The summed E-state index contributed by atoms with van der Waals surface area (Å²) in [5.41, 5.74) is -0.465. The van der Waals surface area contributed by atoms with E-state index >= 15 is 0 Å². The monoisotopic (exact) mass is 198 g/mol. The van der Waals surface area contributed by atoms with Crippen molar-refractivity contribution < 1.29 is 5.11 Å². The van der Waals surface area contributed by atoms with Crippen molar-refractivity contribution in [2.45, 2.75) is 25.4 Å². The second kappa shape index (κ2) is 3.27. The predicted octanol–water partition coefficient (Wildman–Crippen LogP) is 1.49. The van der Waals surface area contributed by atoms with Crippen LogP contribution < -0.4 is 4.90 Å². The molecule has 0 unspecified atom stereocenters. The molecule has 1 saturated heterocycles. The van der Waals surface area contributed by atoms with Gasteiger partial charge in [0, 0.05) is 24.7 Å². The van der Waals surface area contributed by atoms with E-state index in [2.05, 4.69) is 9.88 Å². The normalized spacial score (nSPS) is 21.8. The molecule has 4 heteroatoms. The van der Waals surface area contributed by atoms with Crippen molar-refractivity contribution >= 4 is 16.5 Å². The first-order valence-corrected chi connectivity index (χ1v) is 5.42. The van der Waals surface area contributed by atoms with Gasteiger partial charge in [0.1, 0.15) is 0 Å². The van der Waals surface area contributed by atoms with Crippen LogP contribution in [0.5, 0.6) is 0 Å². The van der Waals surface area contributed by atoms with Gasteiger partial charge >= 0.3 is 0 Å². The smallest absolute Gasteiger partial charge is 0.185 e. The van der Waals surface area contributed by atoms with E-state index < -0.39 is 5.60 Å². The van der Waals surface area contributed by atoms with Crippen LogP contribution >= 0.6 is 11.3 Å². The lowest BCUT2D eigenvalue weighted by Crippen LogP contribution is -2.42. The Balaban J connectivity index is 1.99. The Morgan fingerprint density at radius 3 is 2.77 bits per heavy atom. The maximum absolute atomic E-state index is 9.75. The van der Waals surface area contributed by atoms with Gasteiger partial charge in [0.15, 0.2) is 5.13 Å². The third-order valence-electron chi connectivity index (χ3n) is 2.53. The minimum atomic E-state index is -0.465. The van der Waals surface area contributed by atoms with Gasteiger partial charge in [-0.15, -0.1) is 11.3 Å². The highest BCUT2D eigenvalue weighted by Gasteiger charge is 2.27. The van der Waals surface area contributed by atoms with Crippen LogP contribution in [0.1, 0.15) is 19.8 Å². The minimum Gasteiger partial charge on any atom is -0.390 e. The first-order chi connectivity index (χ1) is 6.17. The molecule has 1 aromatic rings. The SMILES string of the molecule is CC1(O)CCN(c2nccs2)CC1. The van der Waals surface area contributed by atoms with Crippen LogP contribution in [0, 0.1) is 0 Å². The molecule has 1 aromatic heterocycles. The summed E-state index contributed by atoms with van der Waals surface area (Å²) in [6, 6.07) is 0. The minimum absolute atomic E-state index is 0.465. The number of rotatable bonds is 1. The van der Waals surface area contributed by atoms with E-state index in [0.29, 0.717) is 0 Å². The summed E-state index contributed by atoms with van der Waals surface area (Å²) >= 11 is 1.66. The van der Waals surface area contributed by atoms with Gasteiger partial charge in [0.2, 0.25) is 0 Å². The van der Waals surface area contributed by atoms with E-state index in [1.54, 1.807) is 11.3 Å². The molecule has 0 amide bonds. The second-order valence-electron chi connectivity index (χ2n) is 3.80. The fourth-order valence-corrected chi connectivity index (χ4v) is 2.25. The van der Waals surface area contributed by atoms with Crippen LogP contribution in [-0.4, -0.2) is 28.8 Å². The second-order valence-corrected chi connectivity index (χ2v) is 4.67. The van der Waals surface area contributed by atoms with Gasteiger partial charge in [-0.05, 0) is 19.8 Å². The summed E-state index contributed by atoms with van der Waals surface area (Å²) in [6.07, 6.45) is 3.51. The molecule has 0 aromatic carbocycles. The van der Waals surface area contributed by atoms with Crippen LogP contribution in [0.25, 0.3) is 0 Å². The summed E-state index contributed by atoms with van der Waals surface area (Å²) in [5, 5.41) is 12.8. The van der Waals surface area contributed by atoms with Crippen LogP contribution in [0.15, 0.2) is 11.6 Å². The third-order valence-corrected chi connectivity index (χ3v) is 3.36. The number of aromatic nitrogens is 1. The van der Waals surface area contributed by atoms with Crippen molar-refractivity contribution in [1.82, 2.24) is 4.98 Å². The molecule has 0 bridgehead atoms. The van der Waals surface area contributed by atoms with E-state index in [4.69, 9.17) is 0 Å². The Bertz CT molecular complexity index is 261. The van der Waals surface area contributed by atoms with Crippen molar-refractivity contribution in [3.8, 4) is 0 Å². The molecule has 13 heavy (non-hydrogen) atoms. The van der Waals surface area contributed by atoms with Crippen molar-refractivity contribution in [2.24, 2.45) is 0 Å². The topological polar surface area (TPSA) is 36.4 Å². The molecule has 2 rings (SSSR count). The third kappa shape index (κ3) is 2.00. The number of piperidine rings is 1. The number of hydrogen-bond acceptors (Lipinski definition) is 4. The number of nitrogens with zero attached hydrogens (tertiary/aromatic N) is 2. The molecule has 0 atom stereocenters. The zero-order valence-corrected chi connectivity index (χ0v) is 8.55. The molecule has 0 radical (unpaired) electrons. The van der Waals surface area contributed by atoms with Gasteiger partial charge in [-0.2, -0.15) is 0 Å². The molecular weight excluding hydrogens is 184 g/mol. The van der Waals surface area contributed by atoms with Crippen LogP contribution in [0.2, 0.25) is 0 Å². The lowest BCUT2D eigenvalue weighted by Gasteiger charge is -2.35. The molecule has 1 aliphatic rings.